The number of hydrogen-bond donors (Lipinski definition) is 0. The third-order valence-corrected chi connectivity index (χ3v) is 5.61. The fourth-order valence-electron chi connectivity index (χ4n) is 2.50. The first kappa shape index (κ1) is 17.7. The molecule has 1 aliphatic heterocycles. The van der Waals surface area contributed by atoms with E-state index in [1.165, 1.54) is 26.2 Å². The molecular weight excluding hydrogens is 346 g/mol. The number of nitrogens with zero attached hydrogens (tertiary/aromatic N) is 1. The minimum Gasteiger partial charge on any atom is -0.496 e. The van der Waals surface area contributed by atoms with Crippen LogP contribution in [0.1, 0.15) is 12.0 Å². The average molecular weight is 364 g/mol. The molecule has 1 atom stereocenters. The molecule has 1 aromatic carbocycles. The maximum absolute atomic E-state index is 12.1. The van der Waals surface area contributed by atoms with Gasteiger partial charge in [-0.15, -0.1) is 0 Å². The van der Waals surface area contributed by atoms with Gasteiger partial charge < -0.3 is 19.1 Å². The Kier molecular flexibility index (Phi) is 5.26. The van der Waals surface area contributed by atoms with Crippen LogP contribution in [-0.2, 0) is 20.4 Å². The Morgan fingerprint density at radius 1 is 1.17 bits per heavy atom. The lowest BCUT2D eigenvalue weighted by atomic mass is 10.1. The minimum atomic E-state index is -3.78. The quantitative estimate of drug-likeness (QED) is 0.710. The summed E-state index contributed by atoms with van der Waals surface area (Å²) in [4.78, 5) is 13.5. The van der Waals surface area contributed by atoms with Crippen LogP contribution < -0.4 is 14.2 Å². The molecule has 1 aliphatic rings. The smallest absolute Gasteiger partial charge is 0.237 e. The van der Waals surface area contributed by atoms with Crippen molar-refractivity contribution >= 4 is 25.6 Å². The van der Waals surface area contributed by atoms with Gasteiger partial charge in [-0.2, -0.15) is 0 Å². The van der Waals surface area contributed by atoms with Crippen molar-refractivity contribution in [3.05, 3.63) is 17.7 Å². The van der Waals surface area contributed by atoms with E-state index in [9.17, 15) is 13.2 Å². The normalized spacial score (nSPS) is 18.2. The standard InChI is InChI=1S/C14H18ClNO6S/c1-20-9-4-12(21-2)11(13(5-9)22-3)8-16-7-10(6-14(16)17)23(15,18)19/h4-5,10H,6-8H2,1-3H3. The molecule has 23 heavy (non-hydrogen) atoms. The molecule has 1 heterocycles. The third-order valence-electron chi connectivity index (χ3n) is 3.74. The lowest BCUT2D eigenvalue weighted by molar-refractivity contribution is -0.128. The fraction of sp³-hybridized carbons (Fsp3) is 0.500. The molecule has 1 amide bonds. The molecule has 0 saturated carbocycles. The van der Waals surface area contributed by atoms with Gasteiger partial charge in [0, 0.05) is 35.8 Å². The first-order valence-electron chi connectivity index (χ1n) is 6.80. The van der Waals surface area contributed by atoms with Gasteiger partial charge in [0.2, 0.25) is 15.0 Å². The first-order valence-corrected chi connectivity index (χ1v) is 9.17. The second-order valence-corrected chi connectivity index (χ2v) is 7.99. The van der Waals surface area contributed by atoms with Crippen molar-refractivity contribution in [2.45, 2.75) is 18.2 Å². The summed E-state index contributed by atoms with van der Waals surface area (Å²) in [6.45, 7) is 0.209. The Morgan fingerprint density at radius 3 is 2.13 bits per heavy atom. The second kappa shape index (κ2) is 6.84. The van der Waals surface area contributed by atoms with E-state index in [0.717, 1.165) is 0 Å². The van der Waals surface area contributed by atoms with Crippen LogP contribution >= 0.6 is 10.7 Å². The van der Waals surface area contributed by atoms with E-state index >= 15 is 0 Å². The Hall–Kier alpha value is -1.67. The van der Waals surface area contributed by atoms with Gasteiger partial charge in [0.25, 0.3) is 0 Å². The molecule has 2 rings (SSSR count). The molecule has 1 fully saturated rings. The van der Waals surface area contributed by atoms with Crippen LogP contribution in [0.4, 0.5) is 0 Å². The van der Waals surface area contributed by atoms with Gasteiger partial charge in [0.05, 0.1) is 33.4 Å². The van der Waals surface area contributed by atoms with Crippen molar-refractivity contribution in [3.63, 3.8) is 0 Å². The van der Waals surface area contributed by atoms with Gasteiger partial charge in [-0.1, -0.05) is 0 Å². The highest BCUT2D eigenvalue weighted by molar-refractivity contribution is 8.14. The number of hydrogen-bond acceptors (Lipinski definition) is 6. The largest absolute Gasteiger partial charge is 0.496 e. The second-order valence-electron chi connectivity index (χ2n) is 5.09. The summed E-state index contributed by atoms with van der Waals surface area (Å²) in [6, 6.07) is 3.35. The molecule has 0 spiro atoms. The van der Waals surface area contributed by atoms with E-state index in [1.807, 2.05) is 0 Å². The molecule has 0 aliphatic carbocycles. The molecule has 0 N–H and O–H groups in total. The van der Waals surface area contributed by atoms with E-state index in [0.29, 0.717) is 22.8 Å². The predicted octanol–water partition coefficient (Wildman–Crippen LogP) is 1.38. The van der Waals surface area contributed by atoms with E-state index in [-0.39, 0.29) is 25.4 Å². The van der Waals surface area contributed by atoms with Crippen molar-refractivity contribution in [1.29, 1.82) is 0 Å². The zero-order chi connectivity index (χ0) is 17.2. The highest BCUT2D eigenvalue weighted by Gasteiger charge is 2.37. The first-order chi connectivity index (χ1) is 10.8. The Bertz CT molecular complexity index is 680. The molecule has 0 radical (unpaired) electrons. The zero-order valence-corrected chi connectivity index (χ0v) is 14.6. The topological polar surface area (TPSA) is 82.1 Å². The number of ether oxygens (including phenoxy) is 3. The van der Waals surface area contributed by atoms with Crippen LogP contribution in [0.2, 0.25) is 0 Å². The maximum Gasteiger partial charge on any atom is 0.237 e. The Labute approximate surface area is 139 Å². The molecule has 1 saturated heterocycles. The molecule has 0 aromatic heterocycles. The fourth-order valence-corrected chi connectivity index (χ4v) is 3.56. The van der Waals surface area contributed by atoms with Gasteiger partial charge in [0.15, 0.2) is 0 Å². The Morgan fingerprint density at radius 2 is 1.74 bits per heavy atom. The van der Waals surface area contributed by atoms with Crippen LogP contribution in [0.15, 0.2) is 12.1 Å². The van der Waals surface area contributed by atoms with Crippen LogP contribution in [0.3, 0.4) is 0 Å². The monoisotopic (exact) mass is 363 g/mol. The van der Waals surface area contributed by atoms with Gasteiger partial charge in [-0.3, -0.25) is 4.79 Å². The number of likely N-dealkylation sites (tertiary alicyclic amines) is 1. The number of rotatable bonds is 6. The van der Waals surface area contributed by atoms with Crippen LogP contribution in [-0.4, -0.2) is 52.3 Å². The summed E-state index contributed by atoms with van der Waals surface area (Å²) in [5, 5.41) is -0.896. The molecule has 128 valence electrons. The van der Waals surface area contributed by atoms with E-state index in [1.54, 1.807) is 12.1 Å². The van der Waals surface area contributed by atoms with Gasteiger partial charge in [-0.05, 0) is 0 Å². The average Bonchev–Trinajstić information content (AvgIpc) is 2.88. The summed E-state index contributed by atoms with van der Waals surface area (Å²) in [6.07, 6.45) is -0.118. The maximum atomic E-state index is 12.1. The molecule has 7 nitrogen and oxygen atoms in total. The van der Waals surface area contributed by atoms with Gasteiger partial charge in [-0.25, -0.2) is 8.42 Å². The highest BCUT2D eigenvalue weighted by Crippen LogP contribution is 2.36. The SMILES string of the molecule is COc1cc(OC)c(CN2CC(S(=O)(=O)Cl)CC2=O)c(OC)c1. The summed E-state index contributed by atoms with van der Waals surface area (Å²) in [5.41, 5.74) is 0.636. The van der Waals surface area contributed by atoms with Crippen LogP contribution in [0, 0.1) is 0 Å². The summed E-state index contributed by atoms with van der Waals surface area (Å²) in [5.74, 6) is 1.26. The van der Waals surface area contributed by atoms with Crippen molar-refractivity contribution < 1.29 is 27.4 Å². The number of amides is 1. The molecule has 0 bridgehead atoms. The summed E-state index contributed by atoms with van der Waals surface area (Å²) >= 11 is 0. The van der Waals surface area contributed by atoms with Crippen molar-refractivity contribution in [2.75, 3.05) is 27.9 Å². The van der Waals surface area contributed by atoms with Gasteiger partial charge >= 0.3 is 0 Å². The van der Waals surface area contributed by atoms with Crippen LogP contribution in [0.25, 0.3) is 0 Å². The summed E-state index contributed by atoms with van der Waals surface area (Å²) in [7, 11) is 6.09. The molecular formula is C14H18ClNO6S. The number of carbonyl (C=O) groups is 1. The zero-order valence-electron chi connectivity index (χ0n) is 13.0. The highest BCUT2D eigenvalue weighted by atomic mass is 35.7. The van der Waals surface area contributed by atoms with E-state index in [2.05, 4.69) is 0 Å². The number of methoxy groups -OCH3 is 3. The number of halogens is 1. The number of benzene rings is 1. The molecule has 1 aromatic rings. The molecule has 1 unspecified atom stereocenters. The number of carbonyl (C=O) groups excluding carboxylic acids is 1. The third kappa shape index (κ3) is 3.81. The van der Waals surface area contributed by atoms with E-state index < -0.39 is 14.3 Å². The van der Waals surface area contributed by atoms with E-state index in [4.69, 9.17) is 24.9 Å². The molecule has 9 heteroatoms. The van der Waals surface area contributed by atoms with Crippen molar-refractivity contribution in [1.82, 2.24) is 4.90 Å². The lowest BCUT2D eigenvalue weighted by Gasteiger charge is -2.20. The summed E-state index contributed by atoms with van der Waals surface area (Å²) < 4.78 is 38.7. The van der Waals surface area contributed by atoms with Crippen molar-refractivity contribution in [3.8, 4) is 17.2 Å². The lowest BCUT2D eigenvalue weighted by Crippen LogP contribution is -2.27. The predicted molar refractivity (Wildman–Crippen MR) is 84.7 cm³/mol. The van der Waals surface area contributed by atoms with Gasteiger partial charge in [0.1, 0.15) is 22.5 Å². The van der Waals surface area contributed by atoms with Crippen molar-refractivity contribution in [2.24, 2.45) is 0 Å². The minimum absolute atomic E-state index is 0.0446. The Balaban J connectivity index is 2.31. The van der Waals surface area contributed by atoms with Crippen LogP contribution in [0.5, 0.6) is 17.2 Å².